The van der Waals surface area contributed by atoms with Crippen molar-refractivity contribution >= 4 is 23.6 Å². The number of thioether (sulfide) groups is 1. The summed E-state index contributed by atoms with van der Waals surface area (Å²) in [5.74, 6) is 0.921. The maximum atomic E-state index is 12.6. The van der Waals surface area contributed by atoms with E-state index in [9.17, 15) is 14.7 Å². The molecule has 0 spiro atoms. The molecule has 0 radical (unpaired) electrons. The van der Waals surface area contributed by atoms with Gasteiger partial charge in [0, 0.05) is 24.6 Å². The van der Waals surface area contributed by atoms with Crippen molar-refractivity contribution in [3.63, 3.8) is 0 Å². The average molecular weight is 291 g/mol. The molecule has 2 aliphatic rings. The van der Waals surface area contributed by atoms with E-state index in [0.717, 1.165) is 29.1 Å². The third-order valence-corrected chi connectivity index (χ3v) is 5.26. The second kappa shape index (κ2) is 5.48. The van der Waals surface area contributed by atoms with Crippen LogP contribution in [0.25, 0.3) is 0 Å². The monoisotopic (exact) mass is 291 g/mol. The first-order valence-electron chi connectivity index (χ1n) is 6.84. The molecule has 1 aromatic rings. The molecule has 0 aliphatic carbocycles. The Morgan fingerprint density at radius 2 is 2.00 bits per heavy atom. The number of carbonyl (C=O) groups is 2. The summed E-state index contributed by atoms with van der Waals surface area (Å²) < 4.78 is 0. The second-order valence-electron chi connectivity index (χ2n) is 5.35. The molecule has 2 unspecified atom stereocenters. The molecule has 3 rings (SSSR count). The zero-order valence-corrected chi connectivity index (χ0v) is 11.9. The van der Waals surface area contributed by atoms with Crippen molar-refractivity contribution in [2.24, 2.45) is 5.92 Å². The summed E-state index contributed by atoms with van der Waals surface area (Å²) in [4.78, 5) is 25.6. The summed E-state index contributed by atoms with van der Waals surface area (Å²) in [7, 11) is 0. The van der Waals surface area contributed by atoms with Crippen LogP contribution in [-0.4, -0.2) is 39.4 Å². The first-order chi connectivity index (χ1) is 9.66. The Morgan fingerprint density at radius 3 is 2.65 bits per heavy atom. The Hall–Kier alpha value is -1.49. The highest BCUT2D eigenvalue weighted by molar-refractivity contribution is 7.99. The van der Waals surface area contributed by atoms with Gasteiger partial charge in [-0.05, 0) is 23.3 Å². The largest absolute Gasteiger partial charge is 0.480 e. The molecule has 2 heterocycles. The first kappa shape index (κ1) is 13.5. The van der Waals surface area contributed by atoms with Crippen LogP contribution < -0.4 is 0 Å². The molecule has 1 saturated heterocycles. The molecule has 2 atom stereocenters. The Bertz CT molecular complexity index is 540. The number of rotatable bonds is 2. The SMILES string of the molecule is O=C(O)C1Cc2ccccc2CN1C(=O)C1CCSC1. The van der Waals surface area contributed by atoms with Gasteiger partial charge in [0.25, 0.3) is 0 Å². The van der Waals surface area contributed by atoms with E-state index in [1.54, 1.807) is 16.7 Å². The fourth-order valence-corrected chi connectivity index (χ4v) is 4.15. The Kier molecular flexibility index (Phi) is 3.70. The summed E-state index contributed by atoms with van der Waals surface area (Å²) in [6.45, 7) is 0.424. The number of fused-ring (bicyclic) bond motifs is 1. The van der Waals surface area contributed by atoms with Crippen LogP contribution in [0.3, 0.4) is 0 Å². The zero-order chi connectivity index (χ0) is 14.1. The quantitative estimate of drug-likeness (QED) is 0.902. The van der Waals surface area contributed by atoms with E-state index in [2.05, 4.69) is 0 Å². The zero-order valence-electron chi connectivity index (χ0n) is 11.1. The van der Waals surface area contributed by atoms with Crippen molar-refractivity contribution in [1.29, 1.82) is 0 Å². The van der Waals surface area contributed by atoms with Gasteiger partial charge in [0.1, 0.15) is 6.04 Å². The molecule has 0 aromatic heterocycles. The van der Waals surface area contributed by atoms with Crippen molar-refractivity contribution in [2.75, 3.05) is 11.5 Å². The van der Waals surface area contributed by atoms with Gasteiger partial charge in [-0.2, -0.15) is 11.8 Å². The third-order valence-electron chi connectivity index (χ3n) is 4.10. The minimum Gasteiger partial charge on any atom is -0.480 e. The highest BCUT2D eigenvalue weighted by Gasteiger charge is 2.38. The van der Waals surface area contributed by atoms with Crippen molar-refractivity contribution in [3.8, 4) is 0 Å². The molecule has 1 amide bonds. The van der Waals surface area contributed by atoms with Gasteiger partial charge in [0.2, 0.25) is 5.91 Å². The maximum Gasteiger partial charge on any atom is 0.326 e. The Morgan fingerprint density at radius 1 is 1.25 bits per heavy atom. The van der Waals surface area contributed by atoms with Crippen molar-refractivity contribution in [3.05, 3.63) is 35.4 Å². The fraction of sp³-hybridized carbons (Fsp3) is 0.467. The van der Waals surface area contributed by atoms with E-state index < -0.39 is 12.0 Å². The van der Waals surface area contributed by atoms with Gasteiger partial charge in [-0.25, -0.2) is 4.79 Å². The topological polar surface area (TPSA) is 57.6 Å². The first-order valence-corrected chi connectivity index (χ1v) is 8.00. The lowest BCUT2D eigenvalue weighted by Crippen LogP contribution is -2.50. The van der Waals surface area contributed by atoms with E-state index in [1.165, 1.54) is 0 Å². The maximum absolute atomic E-state index is 12.6. The molecule has 0 bridgehead atoms. The average Bonchev–Trinajstić information content (AvgIpc) is 2.99. The van der Waals surface area contributed by atoms with Gasteiger partial charge < -0.3 is 10.0 Å². The Balaban J connectivity index is 1.88. The smallest absolute Gasteiger partial charge is 0.326 e. The van der Waals surface area contributed by atoms with Gasteiger partial charge in [0.15, 0.2) is 0 Å². The van der Waals surface area contributed by atoms with Crippen LogP contribution in [-0.2, 0) is 22.6 Å². The second-order valence-corrected chi connectivity index (χ2v) is 6.50. The van der Waals surface area contributed by atoms with Gasteiger partial charge in [-0.1, -0.05) is 24.3 Å². The lowest BCUT2D eigenvalue weighted by Gasteiger charge is -2.35. The number of hydrogen-bond donors (Lipinski definition) is 1. The number of carbonyl (C=O) groups excluding carboxylic acids is 1. The Labute approximate surface area is 122 Å². The molecule has 20 heavy (non-hydrogen) atoms. The fourth-order valence-electron chi connectivity index (χ4n) is 2.94. The molecule has 0 saturated carbocycles. The van der Waals surface area contributed by atoms with Crippen LogP contribution in [0.2, 0.25) is 0 Å². The van der Waals surface area contributed by atoms with Crippen LogP contribution in [0.4, 0.5) is 0 Å². The van der Waals surface area contributed by atoms with E-state index in [-0.39, 0.29) is 11.8 Å². The predicted molar refractivity (Wildman–Crippen MR) is 77.6 cm³/mol. The highest BCUT2D eigenvalue weighted by atomic mass is 32.2. The molecule has 4 nitrogen and oxygen atoms in total. The number of carboxylic acids is 1. The molecule has 1 N–H and O–H groups in total. The number of aliphatic carboxylic acids is 1. The normalized spacial score (nSPS) is 25.3. The minimum atomic E-state index is -0.904. The molecule has 2 aliphatic heterocycles. The van der Waals surface area contributed by atoms with Gasteiger partial charge in [0.05, 0.1) is 0 Å². The van der Waals surface area contributed by atoms with E-state index in [0.29, 0.717) is 13.0 Å². The summed E-state index contributed by atoms with van der Waals surface area (Å²) in [5, 5.41) is 9.43. The number of carboxylic acid groups (broad SMARTS) is 1. The highest BCUT2D eigenvalue weighted by Crippen LogP contribution is 2.30. The molecule has 1 aromatic carbocycles. The molecular weight excluding hydrogens is 274 g/mol. The number of amides is 1. The van der Waals surface area contributed by atoms with E-state index in [1.807, 2.05) is 24.3 Å². The molecule has 1 fully saturated rings. The van der Waals surface area contributed by atoms with Crippen LogP contribution in [0.15, 0.2) is 24.3 Å². The van der Waals surface area contributed by atoms with Crippen LogP contribution >= 0.6 is 11.8 Å². The van der Waals surface area contributed by atoms with Gasteiger partial charge in [-0.3, -0.25) is 4.79 Å². The van der Waals surface area contributed by atoms with Crippen molar-refractivity contribution in [2.45, 2.75) is 25.4 Å². The third kappa shape index (κ3) is 2.42. The number of nitrogens with zero attached hydrogens (tertiary/aromatic N) is 1. The van der Waals surface area contributed by atoms with Crippen LogP contribution in [0, 0.1) is 5.92 Å². The van der Waals surface area contributed by atoms with E-state index in [4.69, 9.17) is 0 Å². The summed E-state index contributed by atoms with van der Waals surface area (Å²) in [6, 6.07) is 7.08. The lowest BCUT2D eigenvalue weighted by atomic mass is 9.92. The molecular formula is C15H17NO3S. The van der Waals surface area contributed by atoms with Gasteiger partial charge in [-0.15, -0.1) is 0 Å². The molecule has 5 heteroatoms. The molecule has 106 valence electrons. The van der Waals surface area contributed by atoms with Gasteiger partial charge >= 0.3 is 5.97 Å². The lowest BCUT2D eigenvalue weighted by molar-refractivity contribution is -0.153. The number of benzene rings is 1. The predicted octanol–water partition coefficient (Wildman–Crippen LogP) is 1.78. The summed E-state index contributed by atoms with van der Waals surface area (Å²) in [5.41, 5.74) is 2.12. The number of hydrogen-bond acceptors (Lipinski definition) is 3. The standard InChI is InChI=1S/C15H17NO3S/c17-14(12-5-6-20-9-12)16-8-11-4-2-1-3-10(11)7-13(16)15(18)19/h1-4,12-13H,5-9H2,(H,18,19). The van der Waals surface area contributed by atoms with E-state index >= 15 is 0 Å². The van der Waals surface area contributed by atoms with Crippen LogP contribution in [0.1, 0.15) is 17.5 Å². The summed E-state index contributed by atoms with van der Waals surface area (Å²) in [6.07, 6.45) is 1.28. The van der Waals surface area contributed by atoms with Crippen LogP contribution in [0.5, 0.6) is 0 Å². The van der Waals surface area contributed by atoms with Crippen molar-refractivity contribution in [1.82, 2.24) is 4.90 Å². The summed E-state index contributed by atoms with van der Waals surface area (Å²) >= 11 is 1.77. The minimum absolute atomic E-state index is 0.00730. The van der Waals surface area contributed by atoms with Crippen molar-refractivity contribution < 1.29 is 14.7 Å².